The summed E-state index contributed by atoms with van der Waals surface area (Å²) >= 11 is 0. The molecule has 0 radical (unpaired) electrons. The minimum absolute atomic E-state index is 0.0290. The van der Waals surface area contributed by atoms with E-state index in [-0.39, 0.29) is 11.6 Å². The fourth-order valence-electron chi connectivity index (χ4n) is 3.59. The van der Waals surface area contributed by atoms with Gasteiger partial charge in [0.1, 0.15) is 5.82 Å². The average Bonchev–Trinajstić information content (AvgIpc) is 3.12. The lowest BCUT2D eigenvalue weighted by atomic mass is 9.86. The Morgan fingerprint density at radius 3 is 2.46 bits per heavy atom. The smallest absolute Gasteiger partial charge is 0.453 e. The maximum absolute atomic E-state index is 13.0. The van der Waals surface area contributed by atoms with Crippen LogP contribution >= 0.6 is 0 Å². The number of carboxylic acid groups (broad SMARTS) is 1. The second kappa shape index (κ2) is 6.77. The summed E-state index contributed by atoms with van der Waals surface area (Å²) in [7, 11) is 0. The van der Waals surface area contributed by atoms with Gasteiger partial charge in [0.05, 0.1) is 5.56 Å². The molecule has 0 spiro atoms. The van der Waals surface area contributed by atoms with Crippen molar-refractivity contribution in [3.8, 4) is 0 Å². The average molecular weight is 391 g/mol. The normalized spacial score (nSPS) is 15.9. The zero-order valence-electron chi connectivity index (χ0n) is 14.6. The van der Waals surface area contributed by atoms with Crippen LogP contribution in [0.25, 0.3) is 5.65 Å². The maximum atomic E-state index is 13.0. The second-order valence-electron chi connectivity index (χ2n) is 6.64. The van der Waals surface area contributed by atoms with E-state index in [1.807, 2.05) is 17.0 Å². The third kappa shape index (κ3) is 3.25. The summed E-state index contributed by atoms with van der Waals surface area (Å²) in [6.07, 6.45) is -3.28. The molecular formula is C18H16F3N5O2. The highest BCUT2D eigenvalue weighted by Gasteiger charge is 2.38. The van der Waals surface area contributed by atoms with E-state index in [0.29, 0.717) is 41.8 Å². The van der Waals surface area contributed by atoms with Crippen molar-refractivity contribution in [3.05, 3.63) is 53.3 Å². The molecule has 146 valence electrons. The Bertz CT molecular complexity index is 1030. The second-order valence-corrected chi connectivity index (χ2v) is 6.64. The number of benzene rings is 1. The van der Waals surface area contributed by atoms with Crippen molar-refractivity contribution in [2.75, 3.05) is 18.0 Å². The number of anilines is 1. The first-order valence-corrected chi connectivity index (χ1v) is 8.71. The Morgan fingerprint density at radius 2 is 1.79 bits per heavy atom. The van der Waals surface area contributed by atoms with Gasteiger partial charge in [-0.15, -0.1) is 15.3 Å². The van der Waals surface area contributed by atoms with Crippen molar-refractivity contribution in [1.29, 1.82) is 0 Å². The molecule has 1 fully saturated rings. The Balaban J connectivity index is 1.55. The molecule has 1 saturated heterocycles. The standard InChI is InChI=1S/C18H16F3N5O2/c19-18(20,21)17-23-22-14-5-6-15(24-26(14)17)25-9-7-11(8-10-25)12-3-1-2-4-13(12)16(27)28/h1-6,11H,7-10H2,(H,27,28). The van der Waals surface area contributed by atoms with Crippen molar-refractivity contribution in [2.24, 2.45) is 0 Å². The van der Waals surface area contributed by atoms with Crippen LogP contribution in [0.5, 0.6) is 0 Å². The van der Waals surface area contributed by atoms with E-state index >= 15 is 0 Å². The van der Waals surface area contributed by atoms with Crippen molar-refractivity contribution in [2.45, 2.75) is 24.9 Å². The zero-order chi connectivity index (χ0) is 19.9. The molecule has 3 aromatic rings. The predicted octanol–water partition coefficient (Wildman–Crippen LogP) is 3.23. The van der Waals surface area contributed by atoms with Crippen LogP contribution in [0.15, 0.2) is 36.4 Å². The molecular weight excluding hydrogens is 375 g/mol. The van der Waals surface area contributed by atoms with E-state index in [1.165, 1.54) is 6.07 Å². The molecule has 2 aromatic heterocycles. The summed E-state index contributed by atoms with van der Waals surface area (Å²) in [6, 6.07) is 9.99. The first-order chi connectivity index (χ1) is 13.3. The molecule has 0 atom stereocenters. The summed E-state index contributed by atoms with van der Waals surface area (Å²) in [5, 5.41) is 20.1. The quantitative estimate of drug-likeness (QED) is 0.738. The molecule has 1 aliphatic rings. The molecule has 0 bridgehead atoms. The summed E-state index contributed by atoms with van der Waals surface area (Å²) in [5.41, 5.74) is 1.11. The first kappa shape index (κ1) is 18.2. The van der Waals surface area contributed by atoms with Gasteiger partial charge in [-0.05, 0) is 42.5 Å². The molecule has 1 N–H and O–H groups in total. The van der Waals surface area contributed by atoms with Gasteiger partial charge in [0.2, 0.25) is 0 Å². The van der Waals surface area contributed by atoms with Crippen molar-refractivity contribution in [3.63, 3.8) is 0 Å². The van der Waals surface area contributed by atoms with Crippen molar-refractivity contribution in [1.82, 2.24) is 19.8 Å². The van der Waals surface area contributed by atoms with Gasteiger partial charge in [-0.2, -0.15) is 17.7 Å². The highest BCUT2D eigenvalue weighted by Crippen LogP contribution is 2.32. The third-order valence-corrected chi connectivity index (χ3v) is 4.95. The lowest BCUT2D eigenvalue weighted by Crippen LogP contribution is -2.34. The molecule has 28 heavy (non-hydrogen) atoms. The van der Waals surface area contributed by atoms with E-state index in [9.17, 15) is 23.1 Å². The number of carbonyl (C=O) groups is 1. The van der Waals surface area contributed by atoms with Crippen LogP contribution in [-0.2, 0) is 6.18 Å². The van der Waals surface area contributed by atoms with Gasteiger partial charge in [-0.1, -0.05) is 18.2 Å². The monoisotopic (exact) mass is 391 g/mol. The number of alkyl halides is 3. The Kier molecular flexibility index (Phi) is 4.40. The highest BCUT2D eigenvalue weighted by molar-refractivity contribution is 5.89. The zero-order valence-corrected chi connectivity index (χ0v) is 14.6. The Hall–Kier alpha value is -3.17. The van der Waals surface area contributed by atoms with Gasteiger partial charge in [0.15, 0.2) is 5.65 Å². The number of rotatable bonds is 3. The van der Waals surface area contributed by atoms with Crippen LogP contribution in [-0.4, -0.2) is 44.0 Å². The van der Waals surface area contributed by atoms with Gasteiger partial charge in [-0.3, -0.25) is 0 Å². The topological polar surface area (TPSA) is 83.6 Å². The molecule has 10 heteroatoms. The van der Waals surface area contributed by atoms with Crippen molar-refractivity contribution >= 4 is 17.4 Å². The minimum atomic E-state index is -4.64. The number of hydrogen-bond acceptors (Lipinski definition) is 5. The van der Waals surface area contributed by atoms with Crippen LogP contribution in [0.2, 0.25) is 0 Å². The fraction of sp³-hybridized carbons (Fsp3) is 0.333. The Labute approximate surface area is 157 Å². The molecule has 1 aliphatic heterocycles. The number of halogens is 3. The van der Waals surface area contributed by atoms with E-state index in [1.54, 1.807) is 18.2 Å². The molecule has 0 aliphatic carbocycles. The van der Waals surface area contributed by atoms with Gasteiger partial charge >= 0.3 is 12.1 Å². The van der Waals surface area contributed by atoms with Crippen molar-refractivity contribution < 1.29 is 23.1 Å². The molecule has 4 rings (SSSR count). The van der Waals surface area contributed by atoms with Crippen LogP contribution in [0, 0.1) is 0 Å². The molecule has 1 aromatic carbocycles. The summed E-state index contributed by atoms with van der Waals surface area (Å²) in [6.45, 7) is 1.11. The lowest BCUT2D eigenvalue weighted by molar-refractivity contribution is -0.146. The lowest BCUT2D eigenvalue weighted by Gasteiger charge is -2.33. The fourth-order valence-corrected chi connectivity index (χ4v) is 3.59. The summed E-state index contributed by atoms with van der Waals surface area (Å²) in [5.74, 6) is -1.64. The van der Waals surface area contributed by atoms with Crippen LogP contribution in [0.4, 0.5) is 19.0 Å². The molecule has 7 nitrogen and oxygen atoms in total. The van der Waals surface area contributed by atoms with Crippen LogP contribution in [0.1, 0.15) is 40.5 Å². The number of piperidine rings is 1. The molecule has 0 saturated carbocycles. The van der Waals surface area contributed by atoms with Gasteiger partial charge in [-0.25, -0.2) is 4.79 Å². The van der Waals surface area contributed by atoms with Crippen LogP contribution in [0.3, 0.4) is 0 Å². The van der Waals surface area contributed by atoms with Gasteiger partial charge < -0.3 is 10.0 Å². The van der Waals surface area contributed by atoms with Crippen LogP contribution < -0.4 is 4.90 Å². The van der Waals surface area contributed by atoms with E-state index in [0.717, 1.165) is 5.56 Å². The number of carboxylic acids is 1. The first-order valence-electron chi connectivity index (χ1n) is 8.71. The Morgan fingerprint density at radius 1 is 1.07 bits per heavy atom. The number of hydrogen-bond donors (Lipinski definition) is 1. The summed E-state index contributed by atoms with van der Waals surface area (Å²) < 4.78 is 39.8. The van der Waals surface area contributed by atoms with Gasteiger partial charge in [0, 0.05) is 13.1 Å². The van der Waals surface area contributed by atoms with E-state index in [4.69, 9.17) is 0 Å². The van der Waals surface area contributed by atoms with E-state index < -0.39 is 18.0 Å². The highest BCUT2D eigenvalue weighted by atomic mass is 19.4. The number of aromatic nitrogens is 4. The number of nitrogens with zero attached hydrogens (tertiary/aromatic N) is 5. The molecule has 0 amide bonds. The molecule has 3 heterocycles. The minimum Gasteiger partial charge on any atom is -0.478 e. The number of fused-ring (bicyclic) bond motifs is 1. The summed E-state index contributed by atoms with van der Waals surface area (Å²) in [4.78, 5) is 13.3. The number of aromatic carboxylic acids is 1. The van der Waals surface area contributed by atoms with Gasteiger partial charge in [0.25, 0.3) is 5.82 Å². The maximum Gasteiger partial charge on any atom is 0.453 e. The predicted molar refractivity (Wildman–Crippen MR) is 93.4 cm³/mol. The third-order valence-electron chi connectivity index (χ3n) is 4.95. The SMILES string of the molecule is O=C(O)c1ccccc1C1CCN(c2ccc3nnc(C(F)(F)F)n3n2)CC1. The van der Waals surface area contributed by atoms with E-state index in [2.05, 4.69) is 15.3 Å². The molecule has 0 unspecified atom stereocenters. The largest absolute Gasteiger partial charge is 0.478 e.